The molecule has 0 amide bonds. The van der Waals surface area contributed by atoms with Crippen molar-refractivity contribution in [1.29, 1.82) is 0 Å². The number of hydrogen-bond acceptors (Lipinski definition) is 4. The van der Waals surface area contributed by atoms with Crippen LogP contribution in [0.2, 0.25) is 0 Å². The molecule has 1 rings (SSSR count). The first kappa shape index (κ1) is 17.9. The normalized spacial score (nSPS) is 20.8. The molecule has 1 unspecified atom stereocenters. The van der Waals surface area contributed by atoms with Gasteiger partial charge in [0.25, 0.3) is 0 Å². The van der Waals surface area contributed by atoms with Gasteiger partial charge in [-0.3, -0.25) is 4.90 Å². The second-order valence-corrected chi connectivity index (χ2v) is 8.53. The molecule has 1 aliphatic heterocycles. The molecule has 0 saturated carbocycles. The molecule has 1 heterocycles. The third-order valence-corrected chi connectivity index (χ3v) is 5.55. The molecule has 0 spiro atoms. The Morgan fingerprint density at radius 1 is 1.05 bits per heavy atom. The van der Waals surface area contributed by atoms with Crippen molar-refractivity contribution in [3.63, 3.8) is 0 Å². The van der Waals surface area contributed by atoms with Gasteiger partial charge in [-0.2, -0.15) is 0 Å². The fourth-order valence-corrected chi connectivity index (χ4v) is 4.07. The van der Waals surface area contributed by atoms with E-state index in [-0.39, 0.29) is 17.7 Å². The molecule has 6 heteroatoms. The van der Waals surface area contributed by atoms with Gasteiger partial charge in [-0.05, 0) is 18.9 Å². The zero-order chi connectivity index (χ0) is 15.3. The van der Waals surface area contributed by atoms with Crippen LogP contribution in [-0.4, -0.2) is 69.8 Å². The van der Waals surface area contributed by atoms with E-state index >= 15 is 0 Å². The lowest BCUT2D eigenvalue weighted by Crippen LogP contribution is -2.54. The number of piperazine rings is 1. The van der Waals surface area contributed by atoms with Crippen molar-refractivity contribution in [2.45, 2.75) is 33.7 Å². The van der Waals surface area contributed by atoms with E-state index in [1.54, 1.807) is 0 Å². The monoisotopic (exact) mass is 305 g/mol. The first-order valence-electron chi connectivity index (χ1n) is 7.61. The third-order valence-electron chi connectivity index (χ3n) is 3.84. The highest BCUT2D eigenvalue weighted by molar-refractivity contribution is 7.89. The Kier molecular flexibility index (Phi) is 6.91. The van der Waals surface area contributed by atoms with Gasteiger partial charge in [-0.1, -0.05) is 27.7 Å². The second-order valence-electron chi connectivity index (χ2n) is 6.67. The van der Waals surface area contributed by atoms with Crippen LogP contribution in [0.15, 0.2) is 0 Å². The molecule has 1 fully saturated rings. The molecule has 0 aromatic rings. The summed E-state index contributed by atoms with van der Waals surface area (Å²) in [6.07, 6.45) is 0. The maximum Gasteiger partial charge on any atom is 0.211 e. The van der Waals surface area contributed by atoms with Crippen molar-refractivity contribution in [2.75, 3.05) is 45.5 Å². The first-order valence-corrected chi connectivity index (χ1v) is 9.26. The number of nitrogens with zero attached hydrogens (tertiary/aromatic N) is 2. The van der Waals surface area contributed by atoms with Crippen LogP contribution in [0.5, 0.6) is 0 Å². The van der Waals surface area contributed by atoms with Crippen molar-refractivity contribution < 1.29 is 8.42 Å². The van der Waals surface area contributed by atoms with Crippen LogP contribution in [0.1, 0.15) is 27.7 Å². The Labute approximate surface area is 124 Å². The Hall–Kier alpha value is -0.170. The van der Waals surface area contributed by atoms with Gasteiger partial charge in [0.05, 0.1) is 5.75 Å². The highest BCUT2D eigenvalue weighted by Gasteiger charge is 2.26. The van der Waals surface area contributed by atoms with Crippen molar-refractivity contribution in [3.8, 4) is 0 Å². The number of sulfonamides is 1. The molecule has 0 radical (unpaired) electrons. The largest absolute Gasteiger partial charge is 0.304 e. The van der Waals surface area contributed by atoms with Crippen LogP contribution in [0, 0.1) is 11.8 Å². The molecule has 0 aliphatic carbocycles. The minimum Gasteiger partial charge on any atom is -0.304 e. The molecule has 1 N–H and O–H groups in total. The maximum absolute atomic E-state index is 12.0. The van der Waals surface area contributed by atoms with Gasteiger partial charge in [0, 0.05) is 38.8 Å². The van der Waals surface area contributed by atoms with E-state index in [9.17, 15) is 8.42 Å². The minimum absolute atomic E-state index is 0.161. The second kappa shape index (κ2) is 7.73. The fourth-order valence-electron chi connectivity index (χ4n) is 2.65. The van der Waals surface area contributed by atoms with Crippen LogP contribution in [0.3, 0.4) is 0 Å². The van der Waals surface area contributed by atoms with E-state index in [2.05, 4.69) is 35.4 Å². The summed E-state index contributed by atoms with van der Waals surface area (Å²) in [6, 6.07) is 0.283. The average molecular weight is 305 g/mol. The molecule has 0 aromatic heterocycles. The van der Waals surface area contributed by atoms with E-state index in [4.69, 9.17) is 0 Å². The highest BCUT2D eigenvalue weighted by Crippen LogP contribution is 2.13. The quantitative estimate of drug-likeness (QED) is 0.757. The van der Waals surface area contributed by atoms with E-state index < -0.39 is 10.0 Å². The smallest absolute Gasteiger partial charge is 0.211 e. The Morgan fingerprint density at radius 2 is 1.60 bits per heavy atom. The molecule has 1 atom stereocenters. The predicted molar refractivity (Wildman–Crippen MR) is 84.3 cm³/mol. The van der Waals surface area contributed by atoms with Crippen molar-refractivity contribution in [3.05, 3.63) is 0 Å². The molecule has 0 aromatic carbocycles. The lowest BCUT2D eigenvalue weighted by atomic mass is 10.0. The van der Waals surface area contributed by atoms with Crippen LogP contribution in [0.4, 0.5) is 0 Å². The fraction of sp³-hybridized carbons (Fsp3) is 1.00. The Bertz CT molecular complexity index is 374. The molecule has 5 nitrogen and oxygen atoms in total. The third kappa shape index (κ3) is 6.08. The van der Waals surface area contributed by atoms with Crippen molar-refractivity contribution >= 4 is 10.0 Å². The number of rotatable bonds is 7. The molecule has 1 saturated heterocycles. The van der Waals surface area contributed by atoms with E-state index in [0.717, 1.165) is 26.2 Å². The predicted octanol–water partition coefficient (Wildman–Crippen LogP) is 0.834. The summed E-state index contributed by atoms with van der Waals surface area (Å²) in [5, 5.41) is 0. The topological polar surface area (TPSA) is 52.7 Å². The van der Waals surface area contributed by atoms with Gasteiger partial charge in [-0.15, -0.1) is 0 Å². The van der Waals surface area contributed by atoms with Crippen LogP contribution >= 0.6 is 0 Å². The summed E-state index contributed by atoms with van der Waals surface area (Å²) >= 11 is 0. The van der Waals surface area contributed by atoms with Gasteiger partial charge in [0.15, 0.2) is 0 Å². The van der Waals surface area contributed by atoms with Gasteiger partial charge in [-0.25, -0.2) is 13.1 Å². The van der Waals surface area contributed by atoms with E-state index in [0.29, 0.717) is 12.5 Å². The number of nitrogens with one attached hydrogen (secondary N) is 1. The van der Waals surface area contributed by atoms with Crippen molar-refractivity contribution in [1.82, 2.24) is 14.5 Å². The van der Waals surface area contributed by atoms with Crippen LogP contribution < -0.4 is 4.72 Å². The summed E-state index contributed by atoms with van der Waals surface area (Å²) < 4.78 is 26.7. The molecular weight excluding hydrogens is 274 g/mol. The first-order chi connectivity index (χ1) is 9.21. The summed E-state index contributed by atoms with van der Waals surface area (Å²) in [7, 11) is -1.01. The molecule has 1 aliphatic rings. The van der Waals surface area contributed by atoms with Gasteiger partial charge in [0.2, 0.25) is 10.0 Å². The molecular formula is C14H31N3O2S. The van der Waals surface area contributed by atoms with Gasteiger partial charge in [0.1, 0.15) is 0 Å². The van der Waals surface area contributed by atoms with E-state index in [1.807, 2.05) is 13.8 Å². The zero-order valence-electron chi connectivity index (χ0n) is 13.6. The molecule has 20 heavy (non-hydrogen) atoms. The van der Waals surface area contributed by atoms with E-state index in [1.165, 1.54) is 0 Å². The highest BCUT2D eigenvalue weighted by atomic mass is 32.2. The standard InChI is InChI=1S/C14H31N3O2S/c1-12(2)11-20(18,19)15-10-14(13(3)4)17-8-6-16(5)7-9-17/h12-15H,6-11H2,1-5H3. The van der Waals surface area contributed by atoms with Gasteiger partial charge >= 0.3 is 0 Å². The number of hydrogen-bond donors (Lipinski definition) is 1. The maximum atomic E-state index is 12.0. The average Bonchev–Trinajstić information content (AvgIpc) is 2.29. The Balaban J connectivity index is 2.55. The summed E-state index contributed by atoms with van der Waals surface area (Å²) in [6.45, 7) is 12.9. The summed E-state index contributed by atoms with van der Waals surface area (Å²) in [5.41, 5.74) is 0. The Morgan fingerprint density at radius 3 is 2.05 bits per heavy atom. The lowest BCUT2D eigenvalue weighted by molar-refractivity contribution is 0.0905. The van der Waals surface area contributed by atoms with Crippen LogP contribution in [-0.2, 0) is 10.0 Å². The van der Waals surface area contributed by atoms with Crippen LogP contribution in [0.25, 0.3) is 0 Å². The number of likely N-dealkylation sites (N-methyl/N-ethyl adjacent to an activating group) is 1. The SMILES string of the molecule is CC(C)CS(=O)(=O)NCC(C(C)C)N1CCN(C)CC1. The van der Waals surface area contributed by atoms with Gasteiger partial charge < -0.3 is 4.90 Å². The molecule has 0 bridgehead atoms. The molecule has 120 valence electrons. The van der Waals surface area contributed by atoms with Crippen molar-refractivity contribution in [2.24, 2.45) is 11.8 Å². The summed E-state index contributed by atoms with van der Waals surface area (Å²) in [4.78, 5) is 4.74. The minimum atomic E-state index is -3.15. The summed E-state index contributed by atoms with van der Waals surface area (Å²) in [5.74, 6) is 0.814. The zero-order valence-corrected chi connectivity index (χ0v) is 14.4. The lowest BCUT2D eigenvalue weighted by Gasteiger charge is -2.39.